The second kappa shape index (κ2) is 13.4. The number of ether oxygens (including phenoxy) is 1. The summed E-state index contributed by atoms with van der Waals surface area (Å²) in [5, 5.41) is 4.19. The molecule has 0 aliphatic carbocycles. The lowest BCUT2D eigenvalue weighted by Gasteiger charge is -2.08. The van der Waals surface area contributed by atoms with Crippen molar-refractivity contribution in [1.29, 1.82) is 0 Å². The Hall–Kier alpha value is -2.33. The highest BCUT2D eigenvalue weighted by Crippen LogP contribution is 2.25. The number of benzene rings is 1. The van der Waals surface area contributed by atoms with Crippen molar-refractivity contribution < 1.29 is 17.7 Å². The van der Waals surface area contributed by atoms with Crippen LogP contribution in [-0.4, -0.2) is 25.3 Å². The largest absolute Gasteiger partial charge is 0.494 e. The molecule has 0 aliphatic rings. The first kappa shape index (κ1) is 26.9. The molecular weight excluding hydrogens is 452 g/mol. The van der Waals surface area contributed by atoms with Gasteiger partial charge in [0.25, 0.3) is 10.1 Å². The normalized spacial score (nSPS) is 12.5. The second-order valence-corrected chi connectivity index (χ2v) is 11.3. The molecule has 1 aromatic carbocycles. The van der Waals surface area contributed by atoms with Gasteiger partial charge in [0.05, 0.1) is 12.4 Å². The van der Waals surface area contributed by atoms with Crippen LogP contribution in [0.25, 0.3) is 11.1 Å². The Balaban J connectivity index is 1.80. The molecule has 0 saturated carbocycles. The van der Waals surface area contributed by atoms with E-state index in [-0.39, 0.29) is 11.2 Å². The Labute approximate surface area is 203 Å². The van der Waals surface area contributed by atoms with Gasteiger partial charge in [0.1, 0.15) is 5.75 Å². The molecule has 1 aromatic heterocycles. The SMILES string of the molecule is CC(C)(C)C#CC=CCC(=CCCCCOc1cccc(-c2ccsc2)c1)CCS(=O)(=O)O. The maximum atomic E-state index is 11.1. The van der Waals surface area contributed by atoms with Crippen molar-refractivity contribution >= 4 is 21.5 Å². The number of unbranched alkanes of at least 4 members (excludes halogenated alkanes) is 2. The maximum Gasteiger partial charge on any atom is 0.265 e. The van der Waals surface area contributed by atoms with Crippen molar-refractivity contribution in [1.82, 2.24) is 0 Å². The number of allylic oxidation sites excluding steroid dienone is 4. The van der Waals surface area contributed by atoms with Crippen LogP contribution in [0.3, 0.4) is 0 Å². The van der Waals surface area contributed by atoms with Gasteiger partial charge in [-0.2, -0.15) is 19.8 Å². The molecule has 0 amide bonds. The van der Waals surface area contributed by atoms with E-state index in [4.69, 9.17) is 9.29 Å². The van der Waals surface area contributed by atoms with E-state index in [9.17, 15) is 8.42 Å². The third kappa shape index (κ3) is 12.5. The summed E-state index contributed by atoms with van der Waals surface area (Å²) in [6.45, 7) is 6.78. The highest BCUT2D eigenvalue weighted by molar-refractivity contribution is 7.85. The number of rotatable bonds is 12. The molecule has 1 heterocycles. The highest BCUT2D eigenvalue weighted by atomic mass is 32.2. The minimum absolute atomic E-state index is 0.0543. The summed E-state index contributed by atoms with van der Waals surface area (Å²) >= 11 is 1.68. The van der Waals surface area contributed by atoms with Gasteiger partial charge < -0.3 is 4.74 Å². The fourth-order valence-corrected chi connectivity index (χ4v) is 4.20. The first-order valence-electron chi connectivity index (χ1n) is 11.2. The lowest BCUT2D eigenvalue weighted by atomic mass is 9.98. The summed E-state index contributed by atoms with van der Waals surface area (Å²) in [5.74, 6) is 6.77. The maximum absolute atomic E-state index is 11.1. The monoisotopic (exact) mass is 486 g/mol. The van der Waals surface area contributed by atoms with Crippen molar-refractivity contribution in [2.24, 2.45) is 5.41 Å². The number of thiophene rings is 1. The van der Waals surface area contributed by atoms with Gasteiger partial charge in [-0.05, 0) is 99.0 Å². The molecule has 0 saturated heterocycles. The van der Waals surface area contributed by atoms with E-state index in [0.29, 0.717) is 19.4 Å². The first-order chi connectivity index (χ1) is 15.6. The van der Waals surface area contributed by atoms with Gasteiger partial charge in [-0.15, -0.1) is 0 Å². The Kier molecular flexibility index (Phi) is 10.9. The van der Waals surface area contributed by atoms with Crippen LogP contribution < -0.4 is 4.74 Å². The van der Waals surface area contributed by atoms with Gasteiger partial charge >= 0.3 is 0 Å². The van der Waals surface area contributed by atoms with Crippen molar-refractivity contribution in [3.05, 3.63) is 64.9 Å². The van der Waals surface area contributed by atoms with Crippen LogP contribution in [0.5, 0.6) is 5.75 Å². The van der Waals surface area contributed by atoms with Crippen LogP contribution in [0.1, 0.15) is 52.9 Å². The van der Waals surface area contributed by atoms with Crippen LogP contribution in [-0.2, 0) is 10.1 Å². The molecular formula is C27H34O4S2. The minimum Gasteiger partial charge on any atom is -0.494 e. The fraction of sp³-hybridized carbons (Fsp3) is 0.407. The van der Waals surface area contributed by atoms with E-state index in [2.05, 4.69) is 67.6 Å². The molecule has 0 fully saturated rings. The fourth-order valence-electron chi connectivity index (χ4n) is 3.01. The third-order valence-electron chi connectivity index (χ3n) is 4.70. The van der Waals surface area contributed by atoms with E-state index in [0.717, 1.165) is 36.1 Å². The number of hydrogen-bond acceptors (Lipinski definition) is 4. The average molecular weight is 487 g/mol. The van der Waals surface area contributed by atoms with E-state index in [1.54, 1.807) is 11.3 Å². The molecule has 178 valence electrons. The number of hydrogen-bond donors (Lipinski definition) is 1. The third-order valence-corrected chi connectivity index (χ3v) is 6.10. The van der Waals surface area contributed by atoms with Crippen molar-refractivity contribution in [3.8, 4) is 28.7 Å². The molecule has 1 N–H and O–H groups in total. The summed E-state index contributed by atoms with van der Waals surface area (Å²) in [5.41, 5.74) is 3.29. The molecule has 0 aliphatic heterocycles. The molecule has 2 rings (SSSR count). The van der Waals surface area contributed by atoms with Gasteiger partial charge in [-0.1, -0.05) is 41.7 Å². The van der Waals surface area contributed by atoms with Crippen molar-refractivity contribution in [2.45, 2.75) is 52.9 Å². The molecule has 0 bridgehead atoms. The smallest absolute Gasteiger partial charge is 0.265 e. The topological polar surface area (TPSA) is 63.6 Å². The molecule has 0 spiro atoms. The zero-order chi connectivity index (χ0) is 24.2. The second-order valence-electron chi connectivity index (χ2n) is 8.91. The Bertz CT molecular complexity index is 1080. The van der Waals surface area contributed by atoms with Crippen molar-refractivity contribution in [2.75, 3.05) is 12.4 Å². The highest BCUT2D eigenvalue weighted by Gasteiger charge is 2.06. The predicted molar refractivity (Wildman–Crippen MR) is 139 cm³/mol. The molecule has 4 nitrogen and oxygen atoms in total. The lowest BCUT2D eigenvalue weighted by molar-refractivity contribution is 0.307. The first-order valence-corrected chi connectivity index (χ1v) is 13.7. The van der Waals surface area contributed by atoms with E-state index in [1.165, 1.54) is 5.56 Å². The lowest BCUT2D eigenvalue weighted by Crippen LogP contribution is -2.04. The summed E-state index contributed by atoms with van der Waals surface area (Å²) < 4.78 is 37.3. The van der Waals surface area contributed by atoms with E-state index >= 15 is 0 Å². The van der Waals surface area contributed by atoms with Gasteiger partial charge in [0, 0.05) is 5.41 Å². The zero-order valence-corrected chi connectivity index (χ0v) is 21.3. The van der Waals surface area contributed by atoms with Crippen LogP contribution in [0.2, 0.25) is 0 Å². The molecule has 0 unspecified atom stereocenters. The summed E-state index contributed by atoms with van der Waals surface area (Å²) in [4.78, 5) is 0. The van der Waals surface area contributed by atoms with Gasteiger partial charge in [-0.3, -0.25) is 4.55 Å². The van der Waals surface area contributed by atoms with Crippen LogP contribution in [0.4, 0.5) is 0 Å². The Morgan fingerprint density at radius 1 is 1.18 bits per heavy atom. The Morgan fingerprint density at radius 3 is 2.70 bits per heavy atom. The molecule has 0 radical (unpaired) electrons. The summed E-state index contributed by atoms with van der Waals surface area (Å²) in [7, 11) is -3.98. The van der Waals surface area contributed by atoms with E-state index < -0.39 is 10.1 Å². The molecule has 2 aromatic rings. The Morgan fingerprint density at radius 2 is 2.00 bits per heavy atom. The standard InChI is InChI=1S/C27H34O4S2/c1-27(2,3)17-8-4-6-11-23(16-20-33(28,29)30)12-7-5-9-18-31-26-14-10-13-24(21-26)25-15-19-32-22-25/h4,6,10,12-15,19,21-22H,5,7,9,11,16,18,20H2,1-3H3,(H,28,29,30). The van der Waals surface area contributed by atoms with E-state index in [1.807, 2.05) is 24.3 Å². The van der Waals surface area contributed by atoms with Gasteiger partial charge in [0.2, 0.25) is 0 Å². The summed E-state index contributed by atoms with van der Waals surface area (Å²) in [6.07, 6.45) is 9.44. The summed E-state index contributed by atoms with van der Waals surface area (Å²) in [6, 6.07) is 10.2. The zero-order valence-electron chi connectivity index (χ0n) is 19.7. The molecule has 0 atom stereocenters. The van der Waals surface area contributed by atoms with Crippen LogP contribution in [0.15, 0.2) is 64.9 Å². The van der Waals surface area contributed by atoms with Gasteiger partial charge in [0.15, 0.2) is 0 Å². The van der Waals surface area contributed by atoms with Crippen LogP contribution >= 0.6 is 11.3 Å². The predicted octanol–water partition coefficient (Wildman–Crippen LogP) is 7.16. The minimum atomic E-state index is -3.98. The van der Waals surface area contributed by atoms with Crippen LogP contribution in [0, 0.1) is 17.3 Å². The molecule has 6 heteroatoms. The quantitative estimate of drug-likeness (QED) is 0.150. The van der Waals surface area contributed by atoms with Crippen molar-refractivity contribution in [3.63, 3.8) is 0 Å². The average Bonchev–Trinajstić information content (AvgIpc) is 3.27. The molecule has 33 heavy (non-hydrogen) atoms. The van der Waals surface area contributed by atoms with Gasteiger partial charge in [-0.25, -0.2) is 0 Å².